The highest BCUT2D eigenvalue weighted by atomic mass is 79.9. The van der Waals surface area contributed by atoms with Crippen LogP contribution in [0.2, 0.25) is 0 Å². The lowest BCUT2D eigenvalue weighted by Gasteiger charge is -2.15. The predicted octanol–water partition coefficient (Wildman–Crippen LogP) is 1.48. The molecule has 1 atom stereocenters. The molecule has 0 fully saturated rings. The van der Waals surface area contributed by atoms with Crippen molar-refractivity contribution < 1.29 is 14.6 Å². The van der Waals surface area contributed by atoms with E-state index in [2.05, 4.69) is 15.9 Å². The van der Waals surface area contributed by atoms with Crippen LogP contribution in [-0.4, -0.2) is 18.5 Å². The highest BCUT2D eigenvalue weighted by molar-refractivity contribution is 9.10. The fourth-order valence-corrected chi connectivity index (χ4v) is 2.09. The van der Waals surface area contributed by atoms with Gasteiger partial charge >= 0.3 is 0 Å². The molecule has 0 bridgehead atoms. The number of ether oxygens (including phenoxy) is 2. The van der Waals surface area contributed by atoms with Crippen molar-refractivity contribution in [3.05, 3.63) is 21.7 Å². The van der Waals surface area contributed by atoms with Gasteiger partial charge in [0.1, 0.15) is 0 Å². The number of fused-ring (bicyclic) bond motifs is 1. The third-order valence-corrected chi connectivity index (χ3v) is 3.30. The zero-order valence-electron chi connectivity index (χ0n) is 8.29. The van der Waals surface area contributed by atoms with E-state index in [1.54, 1.807) is 0 Å². The first-order valence-corrected chi connectivity index (χ1v) is 5.39. The Hall–Kier alpha value is -0.780. The lowest BCUT2D eigenvalue weighted by molar-refractivity contribution is 0.172. The molecule has 0 saturated carbocycles. The third kappa shape index (κ3) is 1.71. The zero-order valence-corrected chi connectivity index (χ0v) is 9.87. The highest BCUT2D eigenvalue weighted by Crippen LogP contribution is 2.43. The summed E-state index contributed by atoms with van der Waals surface area (Å²) < 4.78 is 11.5. The molecule has 2 rings (SSSR count). The van der Waals surface area contributed by atoms with E-state index in [4.69, 9.17) is 20.3 Å². The average Bonchev–Trinajstić information content (AvgIpc) is 2.66. The second-order valence-corrected chi connectivity index (χ2v) is 4.27. The van der Waals surface area contributed by atoms with E-state index in [1.807, 2.05) is 13.0 Å². The Morgan fingerprint density at radius 3 is 3.00 bits per heavy atom. The molecule has 3 N–H and O–H groups in total. The minimum atomic E-state index is -0.446. The van der Waals surface area contributed by atoms with Gasteiger partial charge in [0, 0.05) is 10.0 Å². The van der Waals surface area contributed by atoms with Crippen LogP contribution in [0.15, 0.2) is 10.5 Å². The van der Waals surface area contributed by atoms with Gasteiger partial charge in [0.25, 0.3) is 0 Å². The molecule has 1 heterocycles. The average molecular weight is 274 g/mol. The van der Waals surface area contributed by atoms with E-state index in [0.29, 0.717) is 11.5 Å². The first kappa shape index (κ1) is 10.7. The molecule has 0 spiro atoms. The molecular weight excluding hydrogens is 262 g/mol. The Labute approximate surface area is 96.1 Å². The van der Waals surface area contributed by atoms with E-state index in [9.17, 15) is 0 Å². The number of hydrogen-bond acceptors (Lipinski definition) is 4. The maximum Gasteiger partial charge on any atom is 0.231 e. The summed E-state index contributed by atoms with van der Waals surface area (Å²) >= 11 is 3.42. The minimum Gasteiger partial charge on any atom is -0.454 e. The van der Waals surface area contributed by atoms with Crippen molar-refractivity contribution in [3.63, 3.8) is 0 Å². The van der Waals surface area contributed by atoms with E-state index < -0.39 is 6.04 Å². The van der Waals surface area contributed by atoms with Gasteiger partial charge in [-0.2, -0.15) is 0 Å². The highest BCUT2D eigenvalue weighted by Gasteiger charge is 2.25. The van der Waals surface area contributed by atoms with Crippen molar-refractivity contribution in [2.75, 3.05) is 13.4 Å². The molecule has 15 heavy (non-hydrogen) atoms. The summed E-state index contributed by atoms with van der Waals surface area (Å²) in [5.74, 6) is 1.32. The molecule has 0 aliphatic carbocycles. The quantitative estimate of drug-likeness (QED) is 0.857. The fraction of sp³-hybridized carbons (Fsp3) is 0.400. The number of benzene rings is 1. The van der Waals surface area contributed by atoms with E-state index in [1.165, 1.54) is 0 Å². The zero-order chi connectivity index (χ0) is 11.0. The normalized spacial score (nSPS) is 15.5. The number of hydrogen-bond donors (Lipinski definition) is 2. The number of aliphatic hydroxyl groups excluding tert-OH is 1. The van der Waals surface area contributed by atoms with Gasteiger partial charge in [-0.1, -0.05) is 15.9 Å². The third-order valence-electron chi connectivity index (χ3n) is 2.47. The van der Waals surface area contributed by atoms with E-state index in [0.717, 1.165) is 15.6 Å². The number of aliphatic hydroxyl groups is 1. The van der Waals surface area contributed by atoms with Gasteiger partial charge < -0.3 is 20.3 Å². The first-order valence-electron chi connectivity index (χ1n) is 4.60. The van der Waals surface area contributed by atoms with Crippen LogP contribution in [0.3, 0.4) is 0 Å². The monoisotopic (exact) mass is 273 g/mol. The van der Waals surface area contributed by atoms with Gasteiger partial charge in [-0.25, -0.2) is 0 Å². The van der Waals surface area contributed by atoms with Crippen molar-refractivity contribution in [1.29, 1.82) is 0 Å². The summed E-state index contributed by atoms with van der Waals surface area (Å²) in [5, 5.41) is 9.10. The van der Waals surface area contributed by atoms with Gasteiger partial charge in [0.2, 0.25) is 6.79 Å². The fourth-order valence-electron chi connectivity index (χ4n) is 1.67. The van der Waals surface area contributed by atoms with Crippen molar-refractivity contribution in [2.24, 2.45) is 5.73 Å². The smallest absolute Gasteiger partial charge is 0.231 e. The summed E-state index contributed by atoms with van der Waals surface area (Å²) in [6, 6.07) is 1.41. The maximum atomic E-state index is 9.10. The second kappa shape index (κ2) is 4.00. The summed E-state index contributed by atoms with van der Waals surface area (Å²) in [4.78, 5) is 0. The molecule has 1 aromatic rings. The lowest BCUT2D eigenvalue weighted by atomic mass is 10.0. The molecule has 0 amide bonds. The maximum absolute atomic E-state index is 9.10. The summed E-state index contributed by atoms with van der Waals surface area (Å²) in [6.45, 7) is 2.01. The van der Waals surface area contributed by atoms with Crippen LogP contribution < -0.4 is 15.2 Å². The minimum absolute atomic E-state index is 0.118. The van der Waals surface area contributed by atoms with Crippen molar-refractivity contribution in [2.45, 2.75) is 13.0 Å². The standard InChI is InChI=1S/C10H12BrNO3/c1-5-6(11)2-8-10(15-4-14-8)9(5)7(12)3-13/h2,7,13H,3-4,12H2,1H3. The molecule has 0 saturated heterocycles. The van der Waals surface area contributed by atoms with E-state index >= 15 is 0 Å². The SMILES string of the molecule is Cc1c(Br)cc2c(c1C(N)CO)OCO2. The van der Waals surface area contributed by atoms with Crippen molar-refractivity contribution >= 4 is 15.9 Å². The Balaban J connectivity index is 2.60. The van der Waals surface area contributed by atoms with Crippen LogP contribution >= 0.6 is 15.9 Å². The first-order chi connectivity index (χ1) is 7.15. The molecule has 1 aromatic carbocycles. The van der Waals surface area contributed by atoms with Gasteiger partial charge in [-0.3, -0.25) is 0 Å². The molecule has 4 nitrogen and oxygen atoms in total. The summed E-state index contributed by atoms with van der Waals surface area (Å²) in [6.07, 6.45) is 0. The molecule has 0 radical (unpaired) electrons. The van der Waals surface area contributed by atoms with Crippen LogP contribution in [0.1, 0.15) is 17.2 Å². The molecular formula is C10H12BrNO3. The Morgan fingerprint density at radius 1 is 1.60 bits per heavy atom. The van der Waals surface area contributed by atoms with Crippen LogP contribution in [0.25, 0.3) is 0 Å². The second-order valence-electron chi connectivity index (χ2n) is 3.42. The van der Waals surface area contributed by atoms with Gasteiger partial charge in [-0.15, -0.1) is 0 Å². The Kier molecular flexibility index (Phi) is 2.86. The molecule has 1 aliphatic heterocycles. The van der Waals surface area contributed by atoms with Gasteiger partial charge in [-0.05, 0) is 18.6 Å². The molecule has 0 aromatic heterocycles. The van der Waals surface area contributed by atoms with Crippen LogP contribution in [0, 0.1) is 6.92 Å². The predicted molar refractivity (Wildman–Crippen MR) is 59.0 cm³/mol. The lowest BCUT2D eigenvalue weighted by Crippen LogP contribution is -2.16. The molecule has 1 unspecified atom stereocenters. The van der Waals surface area contributed by atoms with Crippen LogP contribution in [0.5, 0.6) is 11.5 Å². The molecule has 5 heteroatoms. The van der Waals surface area contributed by atoms with Crippen molar-refractivity contribution in [1.82, 2.24) is 0 Å². The number of rotatable bonds is 2. The van der Waals surface area contributed by atoms with Crippen molar-refractivity contribution in [3.8, 4) is 11.5 Å². The Morgan fingerprint density at radius 2 is 2.33 bits per heavy atom. The van der Waals surface area contributed by atoms with Crippen LogP contribution in [-0.2, 0) is 0 Å². The molecule has 1 aliphatic rings. The summed E-state index contributed by atoms with van der Waals surface area (Å²) in [7, 11) is 0. The molecule has 82 valence electrons. The van der Waals surface area contributed by atoms with E-state index in [-0.39, 0.29) is 13.4 Å². The summed E-state index contributed by atoms with van der Waals surface area (Å²) in [5.41, 5.74) is 7.61. The van der Waals surface area contributed by atoms with Gasteiger partial charge in [0.15, 0.2) is 11.5 Å². The Bertz CT molecular complexity index is 395. The topological polar surface area (TPSA) is 64.7 Å². The largest absolute Gasteiger partial charge is 0.454 e. The number of halogens is 1. The van der Waals surface area contributed by atoms with Gasteiger partial charge in [0.05, 0.1) is 12.6 Å². The number of nitrogens with two attached hydrogens (primary N) is 1. The van der Waals surface area contributed by atoms with Crippen LogP contribution in [0.4, 0.5) is 0 Å².